The van der Waals surface area contributed by atoms with Crippen molar-refractivity contribution in [2.45, 2.75) is 26.3 Å². The van der Waals surface area contributed by atoms with Gasteiger partial charge < -0.3 is 14.6 Å². The highest BCUT2D eigenvalue weighted by atomic mass is 16.4. The summed E-state index contributed by atoms with van der Waals surface area (Å²) < 4.78 is 6.07. The molecule has 1 saturated heterocycles. The molecule has 0 spiro atoms. The maximum absolute atomic E-state index is 6.07. The Labute approximate surface area is 179 Å². The Morgan fingerprint density at radius 1 is 0.933 bits per heavy atom. The molecule has 1 aromatic heterocycles. The van der Waals surface area contributed by atoms with Gasteiger partial charge in [0.05, 0.1) is 6.54 Å². The number of nitrogens with one attached hydrogen (secondary N) is 1. The molecular weight excluding hydrogens is 372 g/mol. The number of para-hydroxylation sites is 1. The molecule has 4 rings (SSSR count). The summed E-state index contributed by atoms with van der Waals surface area (Å²) >= 11 is 0. The molecule has 3 aromatic rings. The van der Waals surface area contributed by atoms with E-state index in [0.29, 0.717) is 6.54 Å². The van der Waals surface area contributed by atoms with E-state index in [1.54, 1.807) is 0 Å². The molecule has 1 N–H and O–H groups in total. The van der Waals surface area contributed by atoms with Gasteiger partial charge in [0, 0.05) is 56.9 Å². The average Bonchev–Trinajstić information content (AvgIpc) is 3.21. The molecular formula is C25H32N4O. The lowest BCUT2D eigenvalue weighted by molar-refractivity contribution is 0.256. The maximum atomic E-state index is 6.07. The van der Waals surface area contributed by atoms with Crippen LogP contribution in [0.4, 0.5) is 5.69 Å². The minimum Gasteiger partial charge on any atom is -0.444 e. The molecule has 0 amide bonds. The zero-order valence-corrected chi connectivity index (χ0v) is 17.9. The van der Waals surface area contributed by atoms with Gasteiger partial charge in [0.2, 0.25) is 5.89 Å². The van der Waals surface area contributed by atoms with E-state index in [9.17, 15) is 0 Å². The summed E-state index contributed by atoms with van der Waals surface area (Å²) in [5.41, 5.74) is 3.45. The van der Waals surface area contributed by atoms with Crippen molar-refractivity contribution in [2.75, 3.05) is 44.2 Å². The molecule has 5 nitrogen and oxygen atoms in total. The summed E-state index contributed by atoms with van der Waals surface area (Å²) in [5.74, 6) is 1.78. The van der Waals surface area contributed by atoms with E-state index in [1.165, 1.54) is 5.69 Å². The van der Waals surface area contributed by atoms with Gasteiger partial charge in [-0.15, -0.1) is 0 Å². The molecule has 1 fully saturated rings. The number of anilines is 1. The molecule has 5 heteroatoms. The number of aryl methyl sites for hydroxylation is 1. The van der Waals surface area contributed by atoms with Gasteiger partial charge in [0.25, 0.3) is 0 Å². The van der Waals surface area contributed by atoms with Crippen molar-refractivity contribution in [1.29, 1.82) is 0 Å². The molecule has 158 valence electrons. The van der Waals surface area contributed by atoms with Crippen LogP contribution >= 0.6 is 0 Å². The molecule has 0 saturated carbocycles. The van der Waals surface area contributed by atoms with E-state index in [0.717, 1.165) is 75.0 Å². The first kappa shape index (κ1) is 20.6. The second-order valence-corrected chi connectivity index (χ2v) is 7.84. The summed E-state index contributed by atoms with van der Waals surface area (Å²) in [4.78, 5) is 9.77. The highest BCUT2D eigenvalue weighted by molar-refractivity contribution is 5.61. The predicted molar refractivity (Wildman–Crippen MR) is 123 cm³/mol. The number of hydrogen-bond acceptors (Lipinski definition) is 5. The molecule has 0 radical (unpaired) electrons. The monoisotopic (exact) mass is 404 g/mol. The summed E-state index contributed by atoms with van der Waals surface area (Å²) in [5, 5.41) is 3.51. The standard InChI is InChI=1S/C25H32N4O/c1-2-9-23-25(21-10-5-3-6-11-21)27-24(30-23)20-26-14-15-28-16-18-29(19-17-28)22-12-7-4-8-13-22/h3-8,10-13,26H,2,9,14-20H2,1H3. The number of benzene rings is 2. The lowest BCUT2D eigenvalue weighted by Gasteiger charge is -2.36. The van der Waals surface area contributed by atoms with Crippen molar-refractivity contribution in [3.8, 4) is 11.3 Å². The van der Waals surface area contributed by atoms with Crippen LogP contribution in [0.5, 0.6) is 0 Å². The van der Waals surface area contributed by atoms with Crippen molar-refractivity contribution in [3.05, 3.63) is 72.3 Å². The fourth-order valence-electron chi connectivity index (χ4n) is 4.00. The summed E-state index contributed by atoms with van der Waals surface area (Å²) in [6, 6.07) is 21.0. The fraction of sp³-hybridized carbons (Fsp3) is 0.400. The molecule has 1 aliphatic heterocycles. The number of rotatable bonds is 9. The van der Waals surface area contributed by atoms with Crippen molar-refractivity contribution in [3.63, 3.8) is 0 Å². The van der Waals surface area contributed by atoms with Gasteiger partial charge in [0.15, 0.2) is 0 Å². The lowest BCUT2D eigenvalue weighted by Crippen LogP contribution is -2.48. The Morgan fingerprint density at radius 3 is 2.33 bits per heavy atom. The third-order valence-electron chi connectivity index (χ3n) is 5.64. The Morgan fingerprint density at radius 2 is 1.63 bits per heavy atom. The quantitative estimate of drug-likeness (QED) is 0.542. The van der Waals surface area contributed by atoms with Gasteiger partial charge in [0.1, 0.15) is 11.5 Å². The van der Waals surface area contributed by atoms with Crippen LogP contribution in [0.15, 0.2) is 65.1 Å². The zero-order valence-electron chi connectivity index (χ0n) is 17.9. The lowest BCUT2D eigenvalue weighted by atomic mass is 10.1. The molecule has 30 heavy (non-hydrogen) atoms. The number of aromatic nitrogens is 1. The van der Waals surface area contributed by atoms with Crippen LogP contribution in [0.3, 0.4) is 0 Å². The van der Waals surface area contributed by atoms with E-state index in [1.807, 2.05) is 6.07 Å². The maximum Gasteiger partial charge on any atom is 0.208 e. The van der Waals surface area contributed by atoms with Crippen LogP contribution in [0, 0.1) is 0 Å². The van der Waals surface area contributed by atoms with E-state index < -0.39 is 0 Å². The third kappa shape index (κ3) is 5.29. The first-order valence-electron chi connectivity index (χ1n) is 11.1. The smallest absolute Gasteiger partial charge is 0.208 e. The van der Waals surface area contributed by atoms with Gasteiger partial charge in [-0.25, -0.2) is 4.98 Å². The molecule has 2 heterocycles. The van der Waals surface area contributed by atoms with Crippen LogP contribution in [-0.4, -0.2) is 49.2 Å². The van der Waals surface area contributed by atoms with Crippen LogP contribution < -0.4 is 10.2 Å². The second kappa shape index (κ2) is 10.4. The highest BCUT2D eigenvalue weighted by Crippen LogP contribution is 2.25. The molecule has 1 aliphatic rings. The van der Waals surface area contributed by atoms with Gasteiger partial charge in [-0.1, -0.05) is 55.5 Å². The fourth-order valence-corrected chi connectivity index (χ4v) is 4.00. The van der Waals surface area contributed by atoms with Crippen molar-refractivity contribution in [1.82, 2.24) is 15.2 Å². The van der Waals surface area contributed by atoms with Gasteiger partial charge in [-0.05, 0) is 18.6 Å². The first-order valence-corrected chi connectivity index (χ1v) is 11.1. The van der Waals surface area contributed by atoms with Crippen LogP contribution in [0.1, 0.15) is 25.0 Å². The Balaban J connectivity index is 1.23. The minimum absolute atomic E-state index is 0.674. The zero-order chi connectivity index (χ0) is 20.6. The van der Waals surface area contributed by atoms with E-state index in [-0.39, 0.29) is 0 Å². The summed E-state index contributed by atoms with van der Waals surface area (Å²) in [6.45, 7) is 9.23. The van der Waals surface area contributed by atoms with Crippen molar-refractivity contribution >= 4 is 5.69 Å². The second-order valence-electron chi connectivity index (χ2n) is 7.84. The normalized spacial score (nSPS) is 14.9. The van der Waals surface area contributed by atoms with E-state index in [4.69, 9.17) is 9.40 Å². The van der Waals surface area contributed by atoms with E-state index in [2.05, 4.69) is 76.6 Å². The third-order valence-corrected chi connectivity index (χ3v) is 5.64. The van der Waals surface area contributed by atoms with Crippen LogP contribution in [-0.2, 0) is 13.0 Å². The summed E-state index contributed by atoms with van der Waals surface area (Å²) in [7, 11) is 0. The van der Waals surface area contributed by atoms with E-state index >= 15 is 0 Å². The molecule has 2 aromatic carbocycles. The van der Waals surface area contributed by atoms with Gasteiger partial charge in [-0.2, -0.15) is 0 Å². The first-order chi connectivity index (χ1) is 14.8. The number of nitrogens with zero attached hydrogens (tertiary/aromatic N) is 3. The SMILES string of the molecule is CCCc1oc(CNCCN2CCN(c3ccccc3)CC2)nc1-c1ccccc1. The van der Waals surface area contributed by atoms with Crippen LogP contribution in [0.25, 0.3) is 11.3 Å². The number of oxazole rings is 1. The summed E-state index contributed by atoms with van der Waals surface area (Å²) in [6.07, 6.45) is 1.97. The molecule has 0 bridgehead atoms. The van der Waals surface area contributed by atoms with Crippen molar-refractivity contribution < 1.29 is 4.42 Å². The molecule has 0 unspecified atom stereocenters. The molecule has 0 atom stereocenters. The average molecular weight is 405 g/mol. The number of hydrogen-bond donors (Lipinski definition) is 1. The Bertz CT molecular complexity index is 886. The van der Waals surface area contributed by atoms with Gasteiger partial charge in [-0.3, -0.25) is 4.90 Å². The highest BCUT2D eigenvalue weighted by Gasteiger charge is 2.17. The molecule has 0 aliphatic carbocycles. The Kier molecular flexibility index (Phi) is 7.16. The largest absolute Gasteiger partial charge is 0.444 e. The predicted octanol–water partition coefficient (Wildman–Crippen LogP) is 4.21. The van der Waals surface area contributed by atoms with Crippen LogP contribution in [0.2, 0.25) is 0 Å². The van der Waals surface area contributed by atoms with Crippen molar-refractivity contribution in [2.24, 2.45) is 0 Å². The topological polar surface area (TPSA) is 44.5 Å². The minimum atomic E-state index is 0.674. The number of piperazine rings is 1. The Hall–Kier alpha value is -2.63. The van der Waals surface area contributed by atoms with Gasteiger partial charge >= 0.3 is 0 Å².